The molecule has 1 heterocycles. The second-order valence-corrected chi connectivity index (χ2v) is 4.60. The summed E-state index contributed by atoms with van der Waals surface area (Å²) in [5.41, 5.74) is 9.51. The number of likely N-dealkylation sites (tertiary alicyclic amines) is 1. The third-order valence-corrected chi connectivity index (χ3v) is 3.39. The normalized spacial score (nSPS) is 19.1. The Balaban J connectivity index is 1.99. The summed E-state index contributed by atoms with van der Waals surface area (Å²) in [7, 11) is 0. The molecule has 1 unspecified atom stereocenters. The maximum atomic E-state index is 10.6. The van der Waals surface area contributed by atoms with Crippen molar-refractivity contribution >= 4 is 5.69 Å². The lowest BCUT2D eigenvalue weighted by molar-refractivity contribution is -0.384. The van der Waals surface area contributed by atoms with Crippen molar-refractivity contribution in [3.63, 3.8) is 0 Å². The van der Waals surface area contributed by atoms with Gasteiger partial charge in [0, 0.05) is 36.2 Å². The molecular weight excluding hydrogens is 246 g/mol. The van der Waals surface area contributed by atoms with Gasteiger partial charge in [0.2, 0.25) is 0 Å². The van der Waals surface area contributed by atoms with Crippen LogP contribution in [0.2, 0.25) is 0 Å². The molecule has 0 bridgehead atoms. The molecule has 1 aliphatic rings. The minimum absolute atomic E-state index is 0.107. The maximum Gasteiger partial charge on any atom is 0.269 e. The zero-order valence-electron chi connectivity index (χ0n) is 10.5. The summed E-state index contributed by atoms with van der Waals surface area (Å²) < 4.78 is 0. The average Bonchev–Trinajstić information content (AvgIpc) is 2.84. The number of nitrogens with zero attached hydrogens (tertiary/aromatic N) is 5. The lowest BCUT2D eigenvalue weighted by Gasteiger charge is -2.22. The van der Waals surface area contributed by atoms with Crippen LogP contribution in [0.15, 0.2) is 29.4 Å². The van der Waals surface area contributed by atoms with Gasteiger partial charge in [0.15, 0.2) is 0 Å². The van der Waals surface area contributed by atoms with Crippen LogP contribution in [0.3, 0.4) is 0 Å². The van der Waals surface area contributed by atoms with Gasteiger partial charge in [-0.05, 0) is 30.5 Å². The van der Waals surface area contributed by atoms with Gasteiger partial charge in [0.1, 0.15) is 0 Å². The van der Waals surface area contributed by atoms with Crippen LogP contribution in [0, 0.1) is 10.1 Å². The lowest BCUT2D eigenvalue weighted by Crippen LogP contribution is -2.30. The molecular formula is C12H15N5O2. The monoisotopic (exact) mass is 261 g/mol. The van der Waals surface area contributed by atoms with Crippen LogP contribution in [0.1, 0.15) is 18.4 Å². The molecule has 0 amide bonds. The summed E-state index contributed by atoms with van der Waals surface area (Å²) in [6.45, 7) is 2.20. The minimum Gasteiger partial charge on any atom is -0.296 e. The molecule has 19 heavy (non-hydrogen) atoms. The third kappa shape index (κ3) is 3.43. The van der Waals surface area contributed by atoms with Crippen molar-refractivity contribution in [1.82, 2.24) is 4.90 Å². The van der Waals surface area contributed by atoms with Crippen LogP contribution in [0.25, 0.3) is 10.4 Å². The fourth-order valence-electron chi connectivity index (χ4n) is 2.40. The van der Waals surface area contributed by atoms with Crippen molar-refractivity contribution in [2.45, 2.75) is 25.4 Å². The molecule has 1 saturated heterocycles. The SMILES string of the molecule is [N-]=[N+]=NCC1CCCN1Cc1ccc([N+](=O)[O-])cc1. The Kier molecular flexibility index (Phi) is 4.33. The van der Waals surface area contributed by atoms with Crippen LogP contribution >= 0.6 is 0 Å². The van der Waals surface area contributed by atoms with Crippen LogP contribution < -0.4 is 0 Å². The number of hydrogen-bond donors (Lipinski definition) is 0. The molecule has 7 heteroatoms. The topological polar surface area (TPSA) is 95.1 Å². The van der Waals surface area contributed by atoms with E-state index in [9.17, 15) is 10.1 Å². The molecule has 1 aromatic rings. The number of azide groups is 1. The first kappa shape index (κ1) is 13.3. The predicted octanol–water partition coefficient (Wildman–Crippen LogP) is 2.87. The Bertz CT molecular complexity index is 495. The van der Waals surface area contributed by atoms with Crippen LogP contribution in [0.5, 0.6) is 0 Å². The summed E-state index contributed by atoms with van der Waals surface area (Å²) in [5, 5.41) is 14.2. The summed E-state index contributed by atoms with van der Waals surface area (Å²) in [4.78, 5) is 15.2. The first-order valence-electron chi connectivity index (χ1n) is 6.19. The largest absolute Gasteiger partial charge is 0.296 e. The molecule has 100 valence electrons. The number of hydrogen-bond acceptors (Lipinski definition) is 4. The molecule has 1 aromatic carbocycles. The third-order valence-electron chi connectivity index (χ3n) is 3.39. The molecule has 0 radical (unpaired) electrons. The van der Waals surface area contributed by atoms with Gasteiger partial charge in [-0.25, -0.2) is 0 Å². The maximum absolute atomic E-state index is 10.6. The van der Waals surface area contributed by atoms with E-state index in [-0.39, 0.29) is 11.7 Å². The predicted molar refractivity (Wildman–Crippen MR) is 70.5 cm³/mol. The molecule has 0 N–H and O–H groups in total. The van der Waals surface area contributed by atoms with Crippen LogP contribution in [0.4, 0.5) is 5.69 Å². The molecule has 1 atom stereocenters. The first-order chi connectivity index (χ1) is 9.20. The molecule has 2 rings (SSSR count). The van der Waals surface area contributed by atoms with E-state index in [0.29, 0.717) is 6.54 Å². The quantitative estimate of drug-likeness (QED) is 0.268. The van der Waals surface area contributed by atoms with E-state index in [1.807, 2.05) is 0 Å². The van der Waals surface area contributed by atoms with Crippen molar-refractivity contribution in [1.29, 1.82) is 0 Å². The van der Waals surface area contributed by atoms with Gasteiger partial charge in [-0.2, -0.15) is 0 Å². The molecule has 0 aliphatic carbocycles. The Hall–Kier alpha value is -2.11. The van der Waals surface area contributed by atoms with Crippen LogP contribution in [-0.2, 0) is 6.54 Å². The van der Waals surface area contributed by atoms with Crippen molar-refractivity contribution in [3.8, 4) is 0 Å². The molecule has 0 saturated carbocycles. The second kappa shape index (κ2) is 6.17. The minimum atomic E-state index is -0.399. The fraction of sp³-hybridized carbons (Fsp3) is 0.500. The number of rotatable bonds is 5. The highest BCUT2D eigenvalue weighted by molar-refractivity contribution is 5.32. The Morgan fingerprint density at radius 1 is 1.47 bits per heavy atom. The molecule has 1 fully saturated rings. The number of nitro groups is 1. The summed E-state index contributed by atoms with van der Waals surface area (Å²) in [5.74, 6) is 0. The Labute approximate surface area is 110 Å². The molecule has 0 aromatic heterocycles. The van der Waals surface area contributed by atoms with E-state index in [1.165, 1.54) is 12.1 Å². The fourth-order valence-corrected chi connectivity index (χ4v) is 2.40. The zero-order valence-corrected chi connectivity index (χ0v) is 10.5. The van der Waals surface area contributed by atoms with E-state index in [2.05, 4.69) is 14.9 Å². The van der Waals surface area contributed by atoms with E-state index in [1.54, 1.807) is 12.1 Å². The van der Waals surface area contributed by atoms with Gasteiger partial charge < -0.3 is 0 Å². The highest BCUT2D eigenvalue weighted by atomic mass is 16.6. The summed E-state index contributed by atoms with van der Waals surface area (Å²) >= 11 is 0. The molecule has 7 nitrogen and oxygen atoms in total. The Morgan fingerprint density at radius 2 is 2.21 bits per heavy atom. The van der Waals surface area contributed by atoms with E-state index in [4.69, 9.17) is 5.53 Å². The highest BCUT2D eigenvalue weighted by Crippen LogP contribution is 2.21. The van der Waals surface area contributed by atoms with E-state index in [0.717, 1.165) is 31.5 Å². The average molecular weight is 261 g/mol. The van der Waals surface area contributed by atoms with Gasteiger partial charge in [-0.3, -0.25) is 15.0 Å². The smallest absolute Gasteiger partial charge is 0.269 e. The number of nitro benzene ring substituents is 1. The first-order valence-corrected chi connectivity index (χ1v) is 6.19. The van der Waals surface area contributed by atoms with Gasteiger partial charge in [-0.1, -0.05) is 17.2 Å². The summed E-state index contributed by atoms with van der Waals surface area (Å²) in [6.07, 6.45) is 2.13. The second-order valence-electron chi connectivity index (χ2n) is 4.60. The van der Waals surface area contributed by atoms with Gasteiger partial charge in [0.25, 0.3) is 5.69 Å². The van der Waals surface area contributed by atoms with Crippen molar-refractivity contribution in [2.75, 3.05) is 13.1 Å². The molecule has 0 spiro atoms. The van der Waals surface area contributed by atoms with Gasteiger partial charge >= 0.3 is 0 Å². The van der Waals surface area contributed by atoms with E-state index >= 15 is 0 Å². The van der Waals surface area contributed by atoms with E-state index < -0.39 is 4.92 Å². The van der Waals surface area contributed by atoms with Gasteiger partial charge in [0.05, 0.1) is 4.92 Å². The van der Waals surface area contributed by atoms with Crippen LogP contribution in [-0.4, -0.2) is 29.0 Å². The molecule has 1 aliphatic heterocycles. The lowest BCUT2D eigenvalue weighted by atomic mass is 10.1. The number of non-ortho nitro benzene ring substituents is 1. The highest BCUT2D eigenvalue weighted by Gasteiger charge is 2.23. The van der Waals surface area contributed by atoms with Crippen molar-refractivity contribution in [3.05, 3.63) is 50.4 Å². The van der Waals surface area contributed by atoms with Crippen molar-refractivity contribution < 1.29 is 4.92 Å². The summed E-state index contributed by atoms with van der Waals surface area (Å²) in [6, 6.07) is 6.88. The number of benzene rings is 1. The van der Waals surface area contributed by atoms with Gasteiger partial charge in [-0.15, -0.1) is 0 Å². The Morgan fingerprint density at radius 3 is 2.84 bits per heavy atom. The standard InChI is InChI=1S/C12H15N5O2/c13-15-14-8-12-2-1-7-16(12)9-10-3-5-11(6-4-10)17(18)19/h3-6,12H,1-2,7-9H2. The van der Waals surface area contributed by atoms with Crippen molar-refractivity contribution in [2.24, 2.45) is 5.11 Å². The zero-order chi connectivity index (χ0) is 13.7.